The number of aryl methyl sites for hydroxylation is 2. The van der Waals surface area contributed by atoms with Gasteiger partial charge in [-0.25, -0.2) is 9.37 Å². The van der Waals surface area contributed by atoms with Crippen molar-refractivity contribution in [3.05, 3.63) is 34.5 Å². The van der Waals surface area contributed by atoms with Crippen LogP contribution in [0.15, 0.2) is 18.2 Å². The summed E-state index contributed by atoms with van der Waals surface area (Å²) in [4.78, 5) is 20.5. The number of aromatic nitrogens is 1. The van der Waals surface area contributed by atoms with E-state index in [9.17, 15) is 9.18 Å². The first-order valence-corrected chi connectivity index (χ1v) is 12.5. The van der Waals surface area contributed by atoms with Gasteiger partial charge in [-0.1, -0.05) is 12.5 Å². The van der Waals surface area contributed by atoms with E-state index in [1.54, 1.807) is 23.5 Å². The molecule has 1 saturated carbocycles. The van der Waals surface area contributed by atoms with E-state index < -0.39 is 0 Å². The Morgan fingerprint density at radius 3 is 2.77 bits per heavy atom. The number of rotatable bonds is 6. The number of anilines is 1. The van der Waals surface area contributed by atoms with Crippen LogP contribution in [0.1, 0.15) is 49.0 Å². The number of hydrogen-bond acceptors (Lipinski definition) is 5. The molecule has 1 aliphatic heterocycles. The SMILES string of the molecule is O=C(CNC1CCC1)N1CCC(CNc2nc3c(s2)CCCc2ccc(F)cc2-3)CC1. The van der Waals surface area contributed by atoms with Crippen molar-refractivity contribution in [2.24, 2.45) is 5.92 Å². The van der Waals surface area contributed by atoms with Crippen molar-refractivity contribution in [1.82, 2.24) is 15.2 Å². The Hall–Kier alpha value is -1.99. The largest absolute Gasteiger partial charge is 0.361 e. The Bertz CT molecular complexity index is 934. The van der Waals surface area contributed by atoms with Gasteiger partial charge >= 0.3 is 0 Å². The number of thiazole rings is 1. The molecule has 5 rings (SSSR count). The number of fused-ring (bicyclic) bond motifs is 3. The molecule has 0 atom stereocenters. The lowest BCUT2D eigenvalue weighted by molar-refractivity contribution is -0.131. The van der Waals surface area contributed by atoms with Gasteiger partial charge in [-0.3, -0.25) is 4.79 Å². The molecule has 3 aliphatic rings. The predicted molar refractivity (Wildman–Crippen MR) is 123 cm³/mol. The molecule has 1 aromatic heterocycles. The lowest BCUT2D eigenvalue weighted by atomic mass is 9.93. The summed E-state index contributed by atoms with van der Waals surface area (Å²) in [7, 11) is 0. The predicted octanol–water partition coefficient (Wildman–Crippen LogP) is 4.23. The van der Waals surface area contributed by atoms with Crippen molar-refractivity contribution in [2.45, 2.75) is 57.4 Å². The highest BCUT2D eigenvalue weighted by Crippen LogP contribution is 2.37. The number of carbonyl (C=O) groups excluding carboxylic acids is 1. The van der Waals surface area contributed by atoms with Crippen LogP contribution in [0.5, 0.6) is 0 Å². The molecule has 0 radical (unpaired) electrons. The normalized spacial score (nSPS) is 19.3. The molecule has 2 N–H and O–H groups in total. The van der Waals surface area contributed by atoms with Gasteiger partial charge in [0.1, 0.15) is 5.82 Å². The third-order valence-electron chi connectivity index (χ3n) is 7.03. The van der Waals surface area contributed by atoms with Crippen molar-refractivity contribution in [2.75, 3.05) is 31.5 Å². The Balaban J connectivity index is 1.13. The summed E-state index contributed by atoms with van der Waals surface area (Å²) in [6, 6.07) is 5.65. The number of piperidine rings is 1. The van der Waals surface area contributed by atoms with Crippen LogP contribution < -0.4 is 10.6 Å². The monoisotopic (exact) mass is 442 g/mol. The highest BCUT2D eigenvalue weighted by atomic mass is 32.1. The molecule has 0 bridgehead atoms. The number of benzene rings is 1. The topological polar surface area (TPSA) is 57.3 Å². The maximum absolute atomic E-state index is 13.8. The van der Waals surface area contributed by atoms with Crippen LogP contribution in [0.3, 0.4) is 0 Å². The number of hydrogen-bond donors (Lipinski definition) is 2. The second-order valence-corrected chi connectivity index (χ2v) is 10.2. The highest BCUT2D eigenvalue weighted by Gasteiger charge is 2.25. The van der Waals surface area contributed by atoms with Gasteiger partial charge in [-0.2, -0.15) is 0 Å². The number of carbonyl (C=O) groups is 1. The van der Waals surface area contributed by atoms with Gasteiger partial charge in [-0.05, 0) is 68.6 Å². The summed E-state index contributed by atoms with van der Waals surface area (Å²) >= 11 is 1.71. The molecule has 5 nitrogen and oxygen atoms in total. The van der Waals surface area contributed by atoms with E-state index in [-0.39, 0.29) is 11.7 Å². The zero-order valence-electron chi connectivity index (χ0n) is 18.0. The average molecular weight is 443 g/mol. The number of likely N-dealkylation sites (tertiary alicyclic amines) is 1. The van der Waals surface area contributed by atoms with Gasteiger partial charge in [0.05, 0.1) is 12.2 Å². The van der Waals surface area contributed by atoms with Crippen LogP contribution in [0.2, 0.25) is 0 Å². The smallest absolute Gasteiger partial charge is 0.236 e. The van der Waals surface area contributed by atoms with Crippen molar-refractivity contribution in [1.29, 1.82) is 0 Å². The molecule has 2 aromatic rings. The minimum absolute atomic E-state index is 0.196. The molecule has 7 heteroatoms. The van der Waals surface area contributed by atoms with Crippen LogP contribution >= 0.6 is 11.3 Å². The lowest BCUT2D eigenvalue weighted by Crippen LogP contribution is -2.46. The van der Waals surface area contributed by atoms with E-state index in [1.807, 2.05) is 11.0 Å². The fraction of sp³-hybridized carbons (Fsp3) is 0.583. The quantitative estimate of drug-likeness (QED) is 0.703. The van der Waals surface area contributed by atoms with E-state index in [0.717, 1.165) is 68.1 Å². The Kier molecular flexibility index (Phi) is 6.23. The first-order chi connectivity index (χ1) is 15.2. The van der Waals surface area contributed by atoms with E-state index in [2.05, 4.69) is 10.6 Å². The van der Waals surface area contributed by atoms with Crippen LogP contribution in [-0.4, -0.2) is 48.0 Å². The van der Waals surface area contributed by atoms with Crippen LogP contribution in [-0.2, 0) is 17.6 Å². The molecule has 2 fully saturated rings. The van der Waals surface area contributed by atoms with E-state index in [4.69, 9.17) is 4.98 Å². The molecule has 2 aliphatic carbocycles. The molecule has 0 unspecified atom stereocenters. The fourth-order valence-electron chi connectivity index (χ4n) is 4.81. The van der Waals surface area contributed by atoms with E-state index >= 15 is 0 Å². The summed E-state index contributed by atoms with van der Waals surface area (Å²) < 4.78 is 13.8. The molecular weight excluding hydrogens is 411 g/mol. The molecule has 1 amide bonds. The fourth-order valence-corrected chi connectivity index (χ4v) is 5.83. The third-order valence-corrected chi connectivity index (χ3v) is 8.10. The van der Waals surface area contributed by atoms with Crippen LogP contribution in [0.25, 0.3) is 11.3 Å². The molecule has 1 saturated heterocycles. The maximum Gasteiger partial charge on any atom is 0.236 e. The van der Waals surface area contributed by atoms with Crippen molar-refractivity contribution >= 4 is 22.4 Å². The van der Waals surface area contributed by atoms with Gasteiger partial charge in [0.15, 0.2) is 5.13 Å². The molecule has 0 spiro atoms. The maximum atomic E-state index is 13.8. The average Bonchev–Trinajstić information content (AvgIpc) is 3.08. The van der Waals surface area contributed by atoms with Gasteiger partial charge in [0.25, 0.3) is 0 Å². The van der Waals surface area contributed by atoms with E-state index in [1.165, 1.54) is 29.7 Å². The Morgan fingerprint density at radius 2 is 2.00 bits per heavy atom. The van der Waals surface area contributed by atoms with Gasteiger partial charge in [0, 0.05) is 36.1 Å². The Morgan fingerprint density at radius 1 is 1.16 bits per heavy atom. The minimum atomic E-state index is -0.196. The zero-order valence-corrected chi connectivity index (χ0v) is 18.8. The van der Waals surface area contributed by atoms with Crippen LogP contribution in [0, 0.1) is 11.7 Å². The highest BCUT2D eigenvalue weighted by molar-refractivity contribution is 7.16. The van der Waals surface area contributed by atoms with Crippen molar-refractivity contribution < 1.29 is 9.18 Å². The summed E-state index contributed by atoms with van der Waals surface area (Å²) in [5.74, 6) is 0.600. The minimum Gasteiger partial charge on any atom is -0.361 e. The summed E-state index contributed by atoms with van der Waals surface area (Å²) in [5, 5.41) is 7.85. The van der Waals surface area contributed by atoms with Gasteiger partial charge in [0.2, 0.25) is 5.91 Å². The number of amides is 1. The van der Waals surface area contributed by atoms with Crippen molar-refractivity contribution in [3.63, 3.8) is 0 Å². The summed E-state index contributed by atoms with van der Waals surface area (Å²) in [6.45, 7) is 3.06. The van der Waals surface area contributed by atoms with Crippen molar-refractivity contribution in [3.8, 4) is 11.3 Å². The summed E-state index contributed by atoms with van der Waals surface area (Å²) in [6.07, 6.45) is 8.83. The lowest BCUT2D eigenvalue weighted by Gasteiger charge is -2.33. The summed E-state index contributed by atoms with van der Waals surface area (Å²) in [5.41, 5.74) is 3.11. The molecule has 2 heterocycles. The first-order valence-electron chi connectivity index (χ1n) is 11.7. The first kappa shape index (κ1) is 20.9. The molecule has 166 valence electrons. The number of nitrogens with one attached hydrogen (secondary N) is 2. The molecular formula is C24H31FN4OS. The molecule has 31 heavy (non-hydrogen) atoms. The number of nitrogens with zero attached hydrogens (tertiary/aromatic N) is 2. The van der Waals surface area contributed by atoms with Gasteiger partial charge < -0.3 is 15.5 Å². The molecule has 1 aromatic carbocycles. The standard InChI is InChI=1S/C24H31FN4OS/c25-18-8-7-17-3-1-6-21-23(20(17)13-18)28-24(31-21)27-14-16-9-11-29(12-10-16)22(30)15-26-19-4-2-5-19/h7-8,13,16,19,26H,1-6,9-12,14-15H2,(H,27,28). The zero-order chi connectivity index (χ0) is 21.2. The van der Waals surface area contributed by atoms with Crippen LogP contribution in [0.4, 0.5) is 9.52 Å². The van der Waals surface area contributed by atoms with E-state index in [0.29, 0.717) is 18.5 Å². The second-order valence-electron chi connectivity index (χ2n) is 9.16. The second kappa shape index (κ2) is 9.25. The number of halogens is 1. The van der Waals surface area contributed by atoms with Gasteiger partial charge in [-0.15, -0.1) is 11.3 Å². The third kappa shape index (κ3) is 4.77. The Labute approximate surface area is 187 Å².